The first-order chi connectivity index (χ1) is 19.1. The highest BCUT2D eigenvalue weighted by Gasteiger charge is 2.17. The van der Waals surface area contributed by atoms with Crippen LogP contribution < -0.4 is 5.32 Å². The molecule has 0 atom stereocenters. The predicted molar refractivity (Wildman–Crippen MR) is 159 cm³/mol. The molecule has 0 fully saturated rings. The van der Waals surface area contributed by atoms with Gasteiger partial charge in [-0.25, -0.2) is 9.37 Å². The predicted octanol–water partition coefficient (Wildman–Crippen LogP) is 7.33. The number of aromatic amines is 2. The van der Waals surface area contributed by atoms with Crippen LogP contribution in [0.3, 0.4) is 0 Å². The maximum atomic E-state index is 13.9. The normalized spacial score (nSPS) is 12.7. The number of nitrogens with one attached hydrogen (secondary N) is 3. The van der Waals surface area contributed by atoms with Crippen molar-refractivity contribution in [2.75, 3.05) is 0 Å². The second-order valence-electron chi connectivity index (χ2n) is 11.0. The number of carbonyl (C=O) groups is 1. The first-order valence-electron chi connectivity index (χ1n) is 13.0. The van der Waals surface area contributed by atoms with Gasteiger partial charge in [0.05, 0.1) is 17.1 Å². The molecule has 40 heavy (non-hydrogen) atoms. The molecule has 7 nitrogen and oxygen atoms in total. The van der Waals surface area contributed by atoms with E-state index in [1.807, 2.05) is 64.1 Å². The number of halogens is 1. The van der Waals surface area contributed by atoms with Crippen molar-refractivity contribution in [1.29, 1.82) is 0 Å². The summed E-state index contributed by atoms with van der Waals surface area (Å²) < 4.78 is 13.9. The van der Waals surface area contributed by atoms with Crippen LogP contribution in [0, 0.1) is 11.2 Å². The zero-order chi connectivity index (χ0) is 28.4. The minimum atomic E-state index is -0.313. The molecule has 1 amide bonds. The van der Waals surface area contributed by atoms with Gasteiger partial charge in [-0.2, -0.15) is 5.10 Å². The second-order valence-corrected chi connectivity index (χ2v) is 11.0. The lowest BCUT2D eigenvalue weighted by molar-refractivity contribution is -0.122. The second kappa shape index (κ2) is 10.7. The molecule has 0 aliphatic carbocycles. The van der Waals surface area contributed by atoms with Gasteiger partial charge in [0.25, 0.3) is 0 Å². The Kier molecular flexibility index (Phi) is 7.17. The van der Waals surface area contributed by atoms with Crippen LogP contribution in [-0.2, 0) is 4.79 Å². The summed E-state index contributed by atoms with van der Waals surface area (Å²) in [6, 6.07) is 12.3. The molecule has 8 heteroatoms. The fraction of sp³-hybridized carbons (Fsp3) is 0.188. The van der Waals surface area contributed by atoms with Crippen LogP contribution >= 0.6 is 0 Å². The minimum Gasteiger partial charge on any atom is -0.353 e. The molecule has 5 rings (SSSR count). The monoisotopic (exact) mass is 534 g/mol. The van der Waals surface area contributed by atoms with E-state index in [4.69, 9.17) is 0 Å². The van der Waals surface area contributed by atoms with Gasteiger partial charge in [-0.05, 0) is 54.3 Å². The molecule has 0 saturated carbocycles. The average Bonchev–Trinajstić information content (AvgIpc) is 3.50. The zero-order valence-electron chi connectivity index (χ0n) is 23.0. The number of benzene rings is 1. The molecule has 5 aromatic rings. The standard InChI is InChI=1S/C32H31FN6O/c1-6-8-20(13-19(2)36-28(40)17-32(3,4)5)22-15-25-30(38-39-31(25)35-18-22)27-16-24-26(37-27)11-12-34-29(24)21-9-7-10-23(33)14-21/h6-16,18,37H,1,17H2,2-5H3,(H,36,40)(H,35,38,39)/b19-13+,20-8+. The van der Waals surface area contributed by atoms with E-state index in [0.29, 0.717) is 23.3 Å². The molecule has 1 aromatic carbocycles. The van der Waals surface area contributed by atoms with Gasteiger partial charge in [-0.1, -0.05) is 51.6 Å². The summed E-state index contributed by atoms with van der Waals surface area (Å²) in [6.07, 6.45) is 9.36. The van der Waals surface area contributed by atoms with Gasteiger partial charge in [-0.3, -0.25) is 14.9 Å². The van der Waals surface area contributed by atoms with E-state index in [1.165, 1.54) is 12.1 Å². The van der Waals surface area contributed by atoms with Crippen molar-refractivity contribution in [1.82, 2.24) is 30.5 Å². The largest absolute Gasteiger partial charge is 0.353 e. The van der Waals surface area contributed by atoms with Crippen LogP contribution in [0.5, 0.6) is 0 Å². The van der Waals surface area contributed by atoms with Crippen molar-refractivity contribution in [3.8, 4) is 22.6 Å². The number of H-pyrrole nitrogens is 2. The van der Waals surface area contributed by atoms with E-state index in [9.17, 15) is 9.18 Å². The summed E-state index contributed by atoms with van der Waals surface area (Å²) in [5.41, 5.74) is 6.71. The minimum absolute atomic E-state index is 0.0317. The fourth-order valence-electron chi connectivity index (χ4n) is 4.69. The first kappa shape index (κ1) is 26.7. The number of carbonyl (C=O) groups excluding carboxylic acids is 1. The fourth-order valence-corrected chi connectivity index (χ4v) is 4.69. The molecule has 0 bridgehead atoms. The number of aromatic nitrogens is 5. The highest BCUT2D eigenvalue weighted by atomic mass is 19.1. The zero-order valence-corrected chi connectivity index (χ0v) is 23.0. The van der Waals surface area contributed by atoms with Crippen molar-refractivity contribution < 1.29 is 9.18 Å². The van der Waals surface area contributed by atoms with Crippen LogP contribution in [0.1, 0.15) is 39.7 Å². The number of pyridine rings is 2. The molecule has 0 aliphatic heterocycles. The van der Waals surface area contributed by atoms with Crippen LogP contribution in [0.4, 0.5) is 4.39 Å². The molecule has 0 radical (unpaired) electrons. The maximum absolute atomic E-state index is 13.9. The summed E-state index contributed by atoms with van der Waals surface area (Å²) in [5, 5.41) is 12.2. The topological polar surface area (TPSA) is 99.3 Å². The first-order valence-corrected chi connectivity index (χ1v) is 13.0. The van der Waals surface area contributed by atoms with Crippen molar-refractivity contribution >= 4 is 33.4 Å². The number of fused-ring (bicyclic) bond motifs is 2. The van der Waals surface area contributed by atoms with Gasteiger partial charge in [0, 0.05) is 51.9 Å². The average molecular weight is 535 g/mol. The van der Waals surface area contributed by atoms with E-state index in [0.717, 1.165) is 44.5 Å². The summed E-state index contributed by atoms with van der Waals surface area (Å²) in [6.45, 7) is 11.8. The van der Waals surface area contributed by atoms with Crippen LogP contribution in [0.25, 0.3) is 50.2 Å². The number of hydrogen-bond donors (Lipinski definition) is 3. The van der Waals surface area contributed by atoms with Gasteiger partial charge < -0.3 is 10.3 Å². The van der Waals surface area contributed by atoms with E-state index < -0.39 is 0 Å². The Bertz CT molecular complexity index is 1800. The smallest absolute Gasteiger partial charge is 0.224 e. The quantitative estimate of drug-likeness (QED) is 0.190. The van der Waals surface area contributed by atoms with E-state index in [-0.39, 0.29) is 17.1 Å². The molecule has 202 valence electrons. The lowest BCUT2D eigenvalue weighted by atomic mass is 9.92. The molecule has 4 heterocycles. The number of hydrogen-bond acceptors (Lipinski definition) is 4. The summed E-state index contributed by atoms with van der Waals surface area (Å²) >= 11 is 0. The number of amides is 1. The third-order valence-electron chi connectivity index (χ3n) is 6.36. The third-order valence-corrected chi connectivity index (χ3v) is 6.36. The Morgan fingerprint density at radius 2 is 1.95 bits per heavy atom. The SMILES string of the molecule is C=C/C=C(\C=C(/C)NC(=O)CC(C)(C)C)c1cnc2n[nH]c(-c3cc4c(-c5cccc(F)c5)nccc4[nH]3)c2c1. The van der Waals surface area contributed by atoms with Gasteiger partial charge in [-0.15, -0.1) is 0 Å². The van der Waals surface area contributed by atoms with Gasteiger partial charge >= 0.3 is 0 Å². The molecular weight excluding hydrogens is 503 g/mol. The number of rotatable bonds is 7. The van der Waals surface area contributed by atoms with Crippen LogP contribution in [-0.4, -0.2) is 31.1 Å². The molecule has 3 N–H and O–H groups in total. The highest BCUT2D eigenvalue weighted by molar-refractivity contribution is 6.00. The van der Waals surface area contributed by atoms with Crippen molar-refractivity contribution in [3.05, 3.63) is 96.7 Å². The van der Waals surface area contributed by atoms with Gasteiger partial charge in [0.2, 0.25) is 5.91 Å². The Morgan fingerprint density at radius 3 is 2.70 bits per heavy atom. The number of nitrogens with zero attached hydrogens (tertiary/aromatic N) is 3. The van der Waals surface area contributed by atoms with Crippen molar-refractivity contribution in [3.63, 3.8) is 0 Å². The third kappa shape index (κ3) is 5.76. The summed E-state index contributed by atoms with van der Waals surface area (Å²) in [5.74, 6) is -0.345. The van der Waals surface area contributed by atoms with Crippen LogP contribution in [0.15, 0.2) is 85.4 Å². The number of allylic oxidation sites excluding steroid dienone is 5. The Hall–Kier alpha value is -4.85. The molecule has 0 aliphatic rings. The van der Waals surface area contributed by atoms with Gasteiger partial charge in [0.15, 0.2) is 5.65 Å². The maximum Gasteiger partial charge on any atom is 0.224 e. The lowest BCUT2D eigenvalue weighted by Gasteiger charge is -2.17. The van der Waals surface area contributed by atoms with Crippen molar-refractivity contribution in [2.24, 2.45) is 5.41 Å². The van der Waals surface area contributed by atoms with Crippen LogP contribution in [0.2, 0.25) is 0 Å². The molecule has 0 spiro atoms. The van der Waals surface area contributed by atoms with Gasteiger partial charge in [0.1, 0.15) is 5.82 Å². The molecule has 0 unspecified atom stereocenters. The summed E-state index contributed by atoms with van der Waals surface area (Å²) in [4.78, 5) is 25.0. The lowest BCUT2D eigenvalue weighted by Crippen LogP contribution is -2.26. The molecule has 4 aromatic heterocycles. The molecule has 0 saturated heterocycles. The molecular formula is C32H31FN6O. The Morgan fingerprint density at radius 1 is 1.12 bits per heavy atom. The van der Waals surface area contributed by atoms with E-state index in [2.05, 4.69) is 37.0 Å². The summed E-state index contributed by atoms with van der Waals surface area (Å²) in [7, 11) is 0. The van der Waals surface area contributed by atoms with E-state index >= 15 is 0 Å². The van der Waals surface area contributed by atoms with E-state index in [1.54, 1.807) is 24.5 Å². The Labute approximate surface area is 232 Å². The van der Waals surface area contributed by atoms with Crippen molar-refractivity contribution in [2.45, 2.75) is 34.1 Å². The highest BCUT2D eigenvalue weighted by Crippen LogP contribution is 2.33. The Balaban J connectivity index is 1.52.